The molecule has 0 unspecified atom stereocenters. The van der Waals surface area contributed by atoms with Crippen LogP contribution in [0.15, 0.2) is 6.20 Å². The van der Waals surface area contributed by atoms with Crippen LogP contribution in [0.2, 0.25) is 0 Å². The number of aromatic nitrogens is 3. The highest BCUT2D eigenvalue weighted by molar-refractivity contribution is 7.11. The molecule has 3 rings (SSSR count). The highest BCUT2D eigenvalue weighted by Gasteiger charge is 2.28. The van der Waals surface area contributed by atoms with Crippen LogP contribution in [0, 0.1) is 13.8 Å². The van der Waals surface area contributed by atoms with Gasteiger partial charge in [-0.15, -0.1) is 11.3 Å². The summed E-state index contributed by atoms with van der Waals surface area (Å²) in [5.41, 5.74) is 1.08. The van der Waals surface area contributed by atoms with Gasteiger partial charge < -0.3 is 10.6 Å². The van der Waals surface area contributed by atoms with E-state index >= 15 is 0 Å². The zero-order valence-electron chi connectivity index (χ0n) is 12.7. The van der Waals surface area contributed by atoms with Crippen LogP contribution in [-0.4, -0.2) is 21.5 Å². The molecule has 0 aliphatic heterocycles. The molecule has 0 bridgehead atoms. The van der Waals surface area contributed by atoms with Gasteiger partial charge in [-0.05, 0) is 33.6 Å². The lowest BCUT2D eigenvalue weighted by molar-refractivity contribution is 0.908. The first-order valence-corrected chi connectivity index (χ1v) is 8.26. The average Bonchev–Trinajstić information content (AvgIpc) is 3.23. The lowest BCUT2D eigenvalue weighted by atomic mass is 10.2. The fourth-order valence-electron chi connectivity index (χ4n) is 2.21. The second-order valence-electron chi connectivity index (χ2n) is 5.43. The second kappa shape index (κ2) is 5.97. The topological polar surface area (TPSA) is 62.7 Å². The first-order valence-electron chi connectivity index (χ1n) is 7.45. The maximum Gasteiger partial charge on any atom is 0.136 e. The summed E-state index contributed by atoms with van der Waals surface area (Å²) in [5.74, 6) is 3.39. The van der Waals surface area contributed by atoms with Crippen LogP contribution in [0.3, 0.4) is 0 Å². The number of hydrogen-bond acceptors (Lipinski definition) is 6. The van der Waals surface area contributed by atoms with Gasteiger partial charge in [0, 0.05) is 29.1 Å². The summed E-state index contributed by atoms with van der Waals surface area (Å²) in [5, 5.41) is 7.85. The van der Waals surface area contributed by atoms with Gasteiger partial charge in [0.25, 0.3) is 0 Å². The van der Waals surface area contributed by atoms with E-state index in [1.54, 1.807) is 11.3 Å². The molecule has 6 heteroatoms. The Labute approximate surface area is 129 Å². The van der Waals surface area contributed by atoms with Crippen molar-refractivity contribution in [3.8, 4) is 0 Å². The van der Waals surface area contributed by atoms with Crippen LogP contribution in [0.25, 0.3) is 0 Å². The number of thiazole rings is 1. The van der Waals surface area contributed by atoms with Gasteiger partial charge in [-0.1, -0.05) is 0 Å². The van der Waals surface area contributed by atoms with Gasteiger partial charge in [0.1, 0.15) is 22.5 Å². The normalized spacial score (nSPS) is 14.2. The van der Waals surface area contributed by atoms with Gasteiger partial charge in [0.2, 0.25) is 0 Å². The van der Waals surface area contributed by atoms with Crippen LogP contribution >= 0.6 is 11.3 Å². The second-order valence-corrected chi connectivity index (χ2v) is 6.75. The highest BCUT2D eigenvalue weighted by atomic mass is 32.1. The zero-order valence-corrected chi connectivity index (χ0v) is 13.5. The van der Waals surface area contributed by atoms with Gasteiger partial charge in [-0.3, -0.25) is 0 Å². The van der Waals surface area contributed by atoms with E-state index in [1.807, 2.05) is 6.20 Å². The molecule has 0 saturated heterocycles. The maximum absolute atomic E-state index is 4.71. The molecule has 1 aliphatic carbocycles. The molecule has 2 aromatic heterocycles. The van der Waals surface area contributed by atoms with E-state index in [0.29, 0.717) is 12.5 Å². The van der Waals surface area contributed by atoms with E-state index in [0.717, 1.165) is 34.6 Å². The van der Waals surface area contributed by atoms with Gasteiger partial charge in [-0.25, -0.2) is 15.0 Å². The van der Waals surface area contributed by atoms with Crippen molar-refractivity contribution in [2.75, 3.05) is 17.2 Å². The molecule has 1 saturated carbocycles. The lowest BCUT2D eigenvalue weighted by Crippen LogP contribution is -2.10. The summed E-state index contributed by atoms with van der Waals surface area (Å²) < 4.78 is 0. The maximum atomic E-state index is 4.71. The third-order valence-corrected chi connectivity index (χ3v) is 4.44. The first kappa shape index (κ1) is 14.3. The molecule has 0 amide bonds. The number of hydrogen-bond donors (Lipinski definition) is 2. The Kier molecular flexibility index (Phi) is 4.05. The molecule has 1 aliphatic rings. The Morgan fingerprint density at radius 1 is 1.19 bits per heavy atom. The minimum absolute atomic E-state index is 0.547. The first-order chi connectivity index (χ1) is 10.2. The third kappa shape index (κ3) is 3.32. The summed E-state index contributed by atoms with van der Waals surface area (Å²) in [6.07, 6.45) is 4.33. The molecule has 2 aromatic rings. The molecule has 0 atom stereocenters. The molecule has 0 aromatic carbocycles. The Hall–Kier alpha value is -1.69. The number of anilines is 2. The Morgan fingerprint density at radius 3 is 2.48 bits per heavy atom. The molecule has 21 heavy (non-hydrogen) atoms. The predicted molar refractivity (Wildman–Crippen MR) is 87.1 cm³/mol. The van der Waals surface area contributed by atoms with Crippen LogP contribution in [0.4, 0.5) is 11.6 Å². The quantitative estimate of drug-likeness (QED) is 0.855. The number of nitrogens with one attached hydrogen (secondary N) is 2. The van der Waals surface area contributed by atoms with Crippen molar-refractivity contribution in [3.05, 3.63) is 27.5 Å². The highest BCUT2D eigenvalue weighted by Crippen LogP contribution is 2.39. The van der Waals surface area contributed by atoms with E-state index in [2.05, 4.69) is 41.4 Å². The largest absolute Gasteiger partial charge is 0.370 e. The predicted octanol–water partition coefficient (Wildman–Crippen LogP) is 3.47. The van der Waals surface area contributed by atoms with Crippen LogP contribution in [-0.2, 0) is 6.54 Å². The third-order valence-electron chi connectivity index (χ3n) is 3.53. The van der Waals surface area contributed by atoms with Crippen LogP contribution in [0.1, 0.15) is 47.0 Å². The standard InChI is InChI=1S/C15H21N5S/c1-4-16-13-10(3)14(20-15(19-13)11-5-6-11)18-8-12-17-7-9(2)21-12/h7,11H,4-6,8H2,1-3H3,(H2,16,18,19,20). The number of rotatable bonds is 6. The average molecular weight is 303 g/mol. The molecule has 2 heterocycles. The number of aryl methyl sites for hydroxylation is 1. The summed E-state index contributed by atoms with van der Waals surface area (Å²) in [6, 6.07) is 0. The van der Waals surface area contributed by atoms with E-state index in [4.69, 9.17) is 4.98 Å². The molecule has 2 N–H and O–H groups in total. The van der Waals surface area contributed by atoms with E-state index in [-0.39, 0.29) is 0 Å². The number of nitrogens with zero attached hydrogens (tertiary/aromatic N) is 3. The fraction of sp³-hybridized carbons (Fsp3) is 0.533. The van der Waals surface area contributed by atoms with E-state index in [9.17, 15) is 0 Å². The van der Waals surface area contributed by atoms with Gasteiger partial charge in [-0.2, -0.15) is 0 Å². The minimum Gasteiger partial charge on any atom is -0.370 e. The molecule has 1 fully saturated rings. The van der Waals surface area contributed by atoms with Crippen molar-refractivity contribution in [2.24, 2.45) is 0 Å². The summed E-state index contributed by atoms with van der Waals surface area (Å²) >= 11 is 1.72. The SMILES string of the molecule is CCNc1nc(C2CC2)nc(NCc2ncc(C)s2)c1C. The van der Waals surface area contributed by atoms with Crippen molar-refractivity contribution >= 4 is 23.0 Å². The van der Waals surface area contributed by atoms with Crippen LogP contribution < -0.4 is 10.6 Å². The van der Waals surface area contributed by atoms with Gasteiger partial charge in [0.05, 0.1) is 6.54 Å². The summed E-state index contributed by atoms with van der Waals surface area (Å²) in [7, 11) is 0. The monoisotopic (exact) mass is 303 g/mol. The van der Waals surface area contributed by atoms with Gasteiger partial charge >= 0.3 is 0 Å². The van der Waals surface area contributed by atoms with Crippen molar-refractivity contribution < 1.29 is 0 Å². The Morgan fingerprint density at radius 2 is 1.90 bits per heavy atom. The van der Waals surface area contributed by atoms with Crippen molar-refractivity contribution in [1.82, 2.24) is 15.0 Å². The Bertz CT molecular complexity index is 633. The van der Waals surface area contributed by atoms with Crippen LogP contribution in [0.5, 0.6) is 0 Å². The van der Waals surface area contributed by atoms with E-state index < -0.39 is 0 Å². The molecular formula is C15H21N5S. The molecule has 0 radical (unpaired) electrons. The smallest absolute Gasteiger partial charge is 0.136 e. The van der Waals surface area contributed by atoms with E-state index in [1.165, 1.54) is 17.7 Å². The Balaban J connectivity index is 1.81. The van der Waals surface area contributed by atoms with Crippen molar-refractivity contribution in [3.63, 3.8) is 0 Å². The fourth-order valence-corrected chi connectivity index (χ4v) is 2.94. The van der Waals surface area contributed by atoms with Crippen molar-refractivity contribution in [1.29, 1.82) is 0 Å². The zero-order chi connectivity index (χ0) is 14.8. The summed E-state index contributed by atoms with van der Waals surface area (Å²) in [4.78, 5) is 15.0. The summed E-state index contributed by atoms with van der Waals surface area (Å²) in [6.45, 7) is 7.80. The van der Waals surface area contributed by atoms with Gasteiger partial charge in [0.15, 0.2) is 0 Å². The molecule has 112 valence electrons. The lowest BCUT2D eigenvalue weighted by Gasteiger charge is -2.14. The van der Waals surface area contributed by atoms with Crippen molar-refractivity contribution in [2.45, 2.75) is 46.1 Å². The molecule has 0 spiro atoms. The molecular weight excluding hydrogens is 282 g/mol. The molecule has 5 nitrogen and oxygen atoms in total. The minimum atomic E-state index is 0.547.